The molecule has 0 aliphatic carbocycles. The molecule has 182 valence electrons. The fourth-order valence-corrected chi connectivity index (χ4v) is 4.04. The zero-order chi connectivity index (χ0) is 24.8. The van der Waals surface area contributed by atoms with Gasteiger partial charge >= 0.3 is 6.18 Å². The second-order valence-electron chi connectivity index (χ2n) is 8.12. The molecule has 0 N–H and O–H groups in total. The first-order chi connectivity index (χ1) is 16.9. The van der Waals surface area contributed by atoms with Crippen molar-refractivity contribution < 1.29 is 17.9 Å². The van der Waals surface area contributed by atoms with Crippen molar-refractivity contribution in [1.82, 2.24) is 25.1 Å². The lowest BCUT2D eigenvalue weighted by Gasteiger charge is -2.30. The van der Waals surface area contributed by atoms with Crippen molar-refractivity contribution in [1.29, 1.82) is 0 Å². The molecule has 4 aromatic rings. The Hall–Kier alpha value is -3.72. The second-order valence-corrected chi connectivity index (χ2v) is 8.12. The summed E-state index contributed by atoms with van der Waals surface area (Å²) in [5, 5.41) is 12.3. The summed E-state index contributed by atoms with van der Waals surface area (Å²) < 4.78 is 47.5. The van der Waals surface area contributed by atoms with E-state index in [-0.39, 0.29) is 0 Å². The second kappa shape index (κ2) is 10.7. The van der Waals surface area contributed by atoms with Gasteiger partial charge in [0.15, 0.2) is 5.82 Å². The minimum atomic E-state index is -4.45. The number of benzene rings is 3. The van der Waals surface area contributed by atoms with E-state index >= 15 is 0 Å². The van der Waals surface area contributed by atoms with Crippen LogP contribution in [0.4, 0.5) is 13.2 Å². The molecule has 0 amide bonds. The number of aromatic nitrogens is 4. The van der Waals surface area contributed by atoms with Crippen molar-refractivity contribution >= 4 is 0 Å². The maximum absolute atomic E-state index is 13.6. The Bertz CT molecular complexity index is 1230. The Morgan fingerprint density at radius 2 is 1.69 bits per heavy atom. The smallest absolute Gasteiger partial charge is 0.416 e. The Morgan fingerprint density at radius 1 is 0.943 bits per heavy atom. The first-order valence-electron chi connectivity index (χ1n) is 11.2. The lowest BCUT2D eigenvalue weighted by atomic mass is 10.0. The highest BCUT2D eigenvalue weighted by atomic mass is 19.4. The summed E-state index contributed by atoms with van der Waals surface area (Å²) in [5.74, 6) is 1.20. The van der Waals surface area contributed by atoms with Crippen LogP contribution in [0.5, 0.6) is 5.75 Å². The molecule has 3 aromatic carbocycles. The van der Waals surface area contributed by atoms with E-state index in [0.717, 1.165) is 22.9 Å². The summed E-state index contributed by atoms with van der Waals surface area (Å²) in [7, 11) is 1.60. The minimum absolute atomic E-state index is 0.366. The summed E-state index contributed by atoms with van der Waals surface area (Å²) in [5.41, 5.74) is 1.75. The van der Waals surface area contributed by atoms with E-state index in [4.69, 9.17) is 4.74 Å². The van der Waals surface area contributed by atoms with E-state index in [1.807, 2.05) is 61.5 Å². The molecule has 1 aromatic heterocycles. The monoisotopic (exact) mass is 481 g/mol. The fraction of sp³-hybridized carbons (Fsp3) is 0.269. The SMILES string of the molecule is CCN(Cc1ccccc1)[C@H](c1cccc(C(F)(F)F)c1)c1nnnn1Cc1ccc(OC)cc1. The number of methoxy groups -OCH3 is 1. The van der Waals surface area contributed by atoms with Gasteiger partial charge in [0.1, 0.15) is 5.75 Å². The van der Waals surface area contributed by atoms with E-state index in [9.17, 15) is 13.2 Å². The van der Waals surface area contributed by atoms with Gasteiger partial charge < -0.3 is 4.74 Å². The van der Waals surface area contributed by atoms with Crippen LogP contribution in [0, 0.1) is 0 Å². The van der Waals surface area contributed by atoms with Gasteiger partial charge in [0.25, 0.3) is 0 Å². The Balaban J connectivity index is 1.75. The van der Waals surface area contributed by atoms with Gasteiger partial charge in [-0.25, -0.2) is 4.68 Å². The van der Waals surface area contributed by atoms with Crippen molar-refractivity contribution in [3.05, 3.63) is 107 Å². The molecule has 0 fully saturated rings. The summed E-state index contributed by atoms with van der Waals surface area (Å²) in [4.78, 5) is 2.07. The van der Waals surface area contributed by atoms with Gasteiger partial charge in [-0.2, -0.15) is 13.2 Å². The number of ether oxygens (including phenoxy) is 1. The molecule has 1 heterocycles. The van der Waals surface area contributed by atoms with Crippen LogP contribution in [0.15, 0.2) is 78.9 Å². The third-order valence-corrected chi connectivity index (χ3v) is 5.83. The lowest BCUT2D eigenvalue weighted by molar-refractivity contribution is -0.137. The number of hydrogen-bond donors (Lipinski definition) is 0. The van der Waals surface area contributed by atoms with Crippen molar-refractivity contribution in [3.8, 4) is 5.75 Å². The molecule has 4 rings (SSSR count). The van der Waals surface area contributed by atoms with Crippen molar-refractivity contribution in [2.45, 2.75) is 32.2 Å². The number of hydrogen-bond acceptors (Lipinski definition) is 5. The largest absolute Gasteiger partial charge is 0.497 e. The van der Waals surface area contributed by atoms with Gasteiger partial charge in [-0.1, -0.05) is 61.5 Å². The predicted molar refractivity (Wildman–Crippen MR) is 126 cm³/mol. The summed E-state index contributed by atoms with van der Waals surface area (Å²) in [6.45, 7) is 3.44. The Morgan fingerprint density at radius 3 is 2.34 bits per heavy atom. The molecule has 0 aliphatic rings. The average molecular weight is 482 g/mol. The maximum Gasteiger partial charge on any atom is 0.416 e. The Labute approximate surface area is 202 Å². The highest BCUT2D eigenvalue weighted by Crippen LogP contribution is 2.34. The number of nitrogens with zero attached hydrogens (tertiary/aromatic N) is 5. The summed E-state index contributed by atoms with van der Waals surface area (Å²) in [6, 6.07) is 22.1. The van der Waals surface area contributed by atoms with Crippen molar-refractivity contribution in [3.63, 3.8) is 0 Å². The van der Waals surface area contributed by atoms with Crippen LogP contribution in [0.1, 0.15) is 41.0 Å². The van der Waals surface area contributed by atoms with Crippen LogP contribution >= 0.6 is 0 Å². The molecule has 0 radical (unpaired) electrons. The van der Waals surface area contributed by atoms with Gasteiger partial charge in [-0.05, 0) is 57.9 Å². The van der Waals surface area contributed by atoms with Gasteiger partial charge in [-0.3, -0.25) is 4.90 Å². The minimum Gasteiger partial charge on any atom is -0.497 e. The third-order valence-electron chi connectivity index (χ3n) is 5.83. The van der Waals surface area contributed by atoms with E-state index in [2.05, 4.69) is 20.4 Å². The summed E-state index contributed by atoms with van der Waals surface area (Å²) >= 11 is 0. The molecule has 0 saturated heterocycles. The van der Waals surface area contributed by atoms with Crippen molar-refractivity contribution in [2.75, 3.05) is 13.7 Å². The zero-order valence-electron chi connectivity index (χ0n) is 19.5. The first-order valence-corrected chi connectivity index (χ1v) is 11.2. The van der Waals surface area contributed by atoms with Gasteiger partial charge in [0.05, 0.1) is 25.3 Å². The molecular formula is C26H26F3N5O. The zero-order valence-corrected chi connectivity index (χ0v) is 19.5. The quantitative estimate of drug-likeness (QED) is 0.322. The average Bonchev–Trinajstić information content (AvgIpc) is 3.32. The number of rotatable bonds is 9. The van der Waals surface area contributed by atoms with Crippen LogP contribution in [0.2, 0.25) is 0 Å². The van der Waals surface area contributed by atoms with E-state index in [1.54, 1.807) is 17.9 Å². The molecule has 0 spiro atoms. The predicted octanol–water partition coefficient (Wildman–Crippen LogP) is 5.36. The normalized spacial score (nSPS) is 12.6. The van der Waals surface area contributed by atoms with Gasteiger partial charge in [0, 0.05) is 6.54 Å². The fourth-order valence-electron chi connectivity index (χ4n) is 4.04. The number of halogens is 3. The van der Waals surface area contributed by atoms with Crippen LogP contribution in [-0.4, -0.2) is 38.8 Å². The van der Waals surface area contributed by atoms with Crippen molar-refractivity contribution in [2.24, 2.45) is 0 Å². The maximum atomic E-state index is 13.6. The molecule has 0 unspecified atom stereocenters. The van der Waals surface area contributed by atoms with E-state index < -0.39 is 17.8 Å². The number of tetrazole rings is 1. The topological polar surface area (TPSA) is 56.1 Å². The Kier molecular flexibility index (Phi) is 7.45. The molecular weight excluding hydrogens is 455 g/mol. The van der Waals surface area contributed by atoms with Crippen LogP contribution in [-0.2, 0) is 19.3 Å². The highest BCUT2D eigenvalue weighted by Gasteiger charge is 2.33. The number of alkyl halides is 3. The van der Waals surface area contributed by atoms with E-state index in [1.165, 1.54) is 12.1 Å². The molecule has 6 nitrogen and oxygen atoms in total. The summed E-state index contributed by atoms with van der Waals surface area (Å²) in [6.07, 6.45) is -4.45. The van der Waals surface area contributed by atoms with Gasteiger partial charge in [0.2, 0.25) is 0 Å². The highest BCUT2D eigenvalue weighted by molar-refractivity contribution is 5.32. The molecule has 35 heavy (non-hydrogen) atoms. The lowest BCUT2D eigenvalue weighted by Crippen LogP contribution is -2.32. The standard InChI is InChI=1S/C26H26F3N5O/c1-3-33(17-19-8-5-4-6-9-19)24(21-10-7-11-22(16-21)26(27,28)29)25-30-31-32-34(25)18-20-12-14-23(35-2)15-13-20/h4-16,24H,3,17-18H2,1-2H3/t24-/m1/s1. The third kappa shape index (κ3) is 5.86. The molecule has 0 bridgehead atoms. The van der Waals surface area contributed by atoms with Crippen LogP contribution in [0.3, 0.4) is 0 Å². The van der Waals surface area contributed by atoms with Gasteiger partial charge in [-0.15, -0.1) is 5.10 Å². The van der Waals surface area contributed by atoms with E-state index in [0.29, 0.717) is 31.0 Å². The van der Waals surface area contributed by atoms with Crippen LogP contribution in [0.25, 0.3) is 0 Å². The molecule has 0 saturated carbocycles. The van der Waals surface area contributed by atoms with Crippen LogP contribution < -0.4 is 4.74 Å². The first kappa shape index (κ1) is 24.4. The molecule has 9 heteroatoms. The molecule has 1 atom stereocenters. The molecule has 0 aliphatic heterocycles.